The van der Waals surface area contributed by atoms with E-state index in [0.717, 1.165) is 49.6 Å². The Morgan fingerprint density at radius 2 is 2.14 bits per heavy atom. The maximum Gasteiger partial charge on any atom is 0.231 e. The molecule has 8 heteroatoms. The largest absolute Gasteiger partial charge is 0.381 e. The number of anilines is 1. The van der Waals surface area contributed by atoms with E-state index in [0.29, 0.717) is 13.2 Å². The van der Waals surface area contributed by atoms with E-state index in [4.69, 9.17) is 4.74 Å². The van der Waals surface area contributed by atoms with Crippen LogP contribution in [-0.2, 0) is 16.1 Å². The number of amides is 1. The summed E-state index contributed by atoms with van der Waals surface area (Å²) in [6.07, 6.45) is 4.51. The summed E-state index contributed by atoms with van der Waals surface area (Å²) >= 11 is 1.52. The molecule has 7 nitrogen and oxygen atoms in total. The second-order valence-corrected chi connectivity index (χ2v) is 8.50. The molecule has 4 heterocycles. The molecule has 2 saturated heterocycles. The van der Waals surface area contributed by atoms with E-state index in [-0.39, 0.29) is 23.7 Å². The molecular formula is C20H26N4O3S. The van der Waals surface area contributed by atoms with Crippen molar-refractivity contribution in [1.29, 1.82) is 0 Å². The van der Waals surface area contributed by atoms with Crippen molar-refractivity contribution < 1.29 is 14.3 Å². The first-order valence-corrected chi connectivity index (χ1v) is 10.7. The Hall–Kier alpha value is -2.03. The van der Waals surface area contributed by atoms with E-state index in [2.05, 4.69) is 20.7 Å². The van der Waals surface area contributed by atoms with Crippen LogP contribution in [0.3, 0.4) is 0 Å². The lowest BCUT2D eigenvalue weighted by Crippen LogP contribution is -2.35. The van der Waals surface area contributed by atoms with Gasteiger partial charge in [-0.25, -0.2) is 4.68 Å². The van der Waals surface area contributed by atoms with Crippen molar-refractivity contribution in [2.75, 3.05) is 31.6 Å². The molecule has 150 valence electrons. The van der Waals surface area contributed by atoms with Crippen LogP contribution in [0.1, 0.15) is 47.5 Å². The van der Waals surface area contributed by atoms with Crippen molar-refractivity contribution in [2.45, 2.75) is 38.8 Å². The molecule has 28 heavy (non-hydrogen) atoms. The molecule has 0 aromatic carbocycles. The summed E-state index contributed by atoms with van der Waals surface area (Å²) in [7, 11) is 0. The van der Waals surface area contributed by atoms with E-state index in [9.17, 15) is 9.59 Å². The van der Waals surface area contributed by atoms with Gasteiger partial charge in [-0.3, -0.25) is 14.5 Å². The minimum Gasteiger partial charge on any atom is -0.381 e. The molecule has 1 N–H and O–H groups in total. The highest BCUT2D eigenvalue weighted by Gasteiger charge is 2.27. The fourth-order valence-electron chi connectivity index (χ4n) is 3.90. The fourth-order valence-corrected chi connectivity index (χ4v) is 4.70. The lowest BCUT2D eigenvalue weighted by molar-refractivity contribution is -0.119. The molecule has 0 spiro atoms. The molecule has 2 aliphatic heterocycles. The van der Waals surface area contributed by atoms with Crippen LogP contribution in [0.25, 0.3) is 0 Å². The van der Waals surface area contributed by atoms with Gasteiger partial charge in [-0.2, -0.15) is 5.10 Å². The van der Waals surface area contributed by atoms with Gasteiger partial charge in [-0.15, -0.1) is 11.3 Å². The van der Waals surface area contributed by atoms with E-state index in [1.54, 1.807) is 13.1 Å². The van der Waals surface area contributed by atoms with E-state index < -0.39 is 0 Å². The first-order chi connectivity index (χ1) is 13.6. The van der Waals surface area contributed by atoms with Crippen molar-refractivity contribution in [3.63, 3.8) is 0 Å². The number of likely N-dealkylation sites (tertiary alicyclic amines) is 1. The molecule has 2 fully saturated rings. The van der Waals surface area contributed by atoms with Gasteiger partial charge in [0.05, 0.1) is 29.6 Å². The van der Waals surface area contributed by atoms with Crippen molar-refractivity contribution in [3.05, 3.63) is 34.2 Å². The summed E-state index contributed by atoms with van der Waals surface area (Å²) in [6.45, 7) is 5.60. The van der Waals surface area contributed by atoms with E-state index >= 15 is 0 Å². The van der Waals surface area contributed by atoms with Crippen LogP contribution in [0.4, 0.5) is 5.82 Å². The number of carbonyl (C=O) groups excluding carboxylic acids is 2. The van der Waals surface area contributed by atoms with Crippen LogP contribution in [0.5, 0.6) is 0 Å². The van der Waals surface area contributed by atoms with Crippen LogP contribution in [-0.4, -0.2) is 52.7 Å². The molecule has 2 aromatic rings. The highest BCUT2D eigenvalue weighted by atomic mass is 32.1. The molecule has 0 radical (unpaired) electrons. The Balaban J connectivity index is 1.32. The van der Waals surface area contributed by atoms with Crippen molar-refractivity contribution >= 4 is 28.8 Å². The fraction of sp³-hybridized carbons (Fsp3) is 0.550. The van der Waals surface area contributed by atoms with Gasteiger partial charge in [0, 0.05) is 32.3 Å². The van der Waals surface area contributed by atoms with Gasteiger partial charge in [0.15, 0.2) is 5.78 Å². The summed E-state index contributed by atoms with van der Waals surface area (Å²) < 4.78 is 7.27. The van der Waals surface area contributed by atoms with Gasteiger partial charge in [-0.05, 0) is 43.2 Å². The normalized spacial score (nSPS) is 21.1. The van der Waals surface area contributed by atoms with E-state index in [1.807, 2.05) is 16.8 Å². The molecule has 4 rings (SSSR count). The quantitative estimate of drug-likeness (QED) is 0.752. The number of nitrogens with one attached hydrogen (secondary N) is 1. The summed E-state index contributed by atoms with van der Waals surface area (Å²) in [5, 5.41) is 9.58. The molecule has 0 saturated carbocycles. The van der Waals surface area contributed by atoms with Crippen LogP contribution in [0.2, 0.25) is 0 Å². The number of nitrogens with zero attached hydrogens (tertiary/aromatic N) is 3. The third kappa shape index (κ3) is 4.34. The van der Waals surface area contributed by atoms with Crippen LogP contribution in [0.15, 0.2) is 23.7 Å². The van der Waals surface area contributed by atoms with E-state index in [1.165, 1.54) is 16.9 Å². The standard InChI is InChI=1S/C20H26N4O3S/c1-14(25)18-10-15(13-28-18)11-23-7-3-17(4-8-23)24-19(2-6-21-24)22-20(26)16-5-9-27-12-16/h2,6,10,13,16-17H,3-5,7-9,11-12H2,1H3,(H,22,26). The third-order valence-electron chi connectivity index (χ3n) is 5.53. The zero-order valence-corrected chi connectivity index (χ0v) is 16.9. The predicted octanol–water partition coefficient (Wildman–Crippen LogP) is 2.96. The number of carbonyl (C=O) groups is 2. The van der Waals surface area contributed by atoms with Gasteiger partial charge in [-0.1, -0.05) is 0 Å². The zero-order valence-electron chi connectivity index (χ0n) is 16.1. The predicted molar refractivity (Wildman–Crippen MR) is 108 cm³/mol. The summed E-state index contributed by atoms with van der Waals surface area (Å²) in [5.74, 6) is 0.873. The molecule has 1 unspecified atom stereocenters. The highest BCUT2D eigenvalue weighted by Crippen LogP contribution is 2.27. The van der Waals surface area contributed by atoms with Gasteiger partial charge >= 0.3 is 0 Å². The van der Waals surface area contributed by atoms with Crippen molar-refractivity contribution in [1.82, 2.24) is 14.7 Å². The molecule has 0 aliphatic carbocycles. The number of piperidine rings is 1. The van der Waals surface area contributed by atoms with Crippen molar-refractivity contribution in [2.24, 2.45) is 5.92 Å². The highest BCUT2D eigenvalue weighted by molar-refractivity contribution is 7.12. The molecule has 1 atom stereocenters. The van der Waals surface area contributed by atoms with Gasteiger partial charge < -0.3 is 10.1 Å². The number of aromatic nitrogens is 2. The molecular weight excluding hydrogens is 376 g/mol. The first-order valence-electron chi connectivity index (χ1n) is 9.83. The van der Waals surface area contributed by atoms with Crippen LogP contribution in [0, 0.1) is 5.92 Å². The second kappa shape index (κ2) is 8.55. The Labute approximate surface area is 168 Å². The lowest BCUT2D eigenvalue weighted by Gasteiger charge is -2.32. The Morgan fingerprint density at radius 1 is 1.32 bits per heavy atom. The molecule has 2 aliphatic rings. The number of ketones is 1. The SMILES string of the molecule is CC(=O)c1cc(CN2CCC(n3nccc3NC(=O)C3CCOC3)CC2)cs1. The second-order valence-electron chi connectivity index (χ2n) is 7.59. The number of hydrogen-bond acceptors (Lipinski definition) is 6. The Morgan fingerprint density at radius 3 is 2.82 bits per heavy atom. The topological polar surface area (TPSA) is 76.5 Å². The summed E-state index contributed by atoms with van der Waals surface area (Å²) in [5.41, 5.74) is 1.21. The average molecular weight is 403 g/mol. The van der Waals surface area contributed by atoms with Gasteiger partial charge in [0.25, 0.3) is 0 Å². The van der Waals surface area contributed by atoms with Crippen LogP contribution >= 0.6 is 11.3 Å². The lowest BCUT2D eigenvalue weighted by atomic mass is 10.0. The minimum atomic E-state index is -0.0595. The van der Waals surface area contributed by atoms with Gasteiger partial charge in [0.2, 0.25) is 5.91 Å². The monoisotopic (exact) mass is 402 g/mol. The maximum atomic E-state index is 12.4. The Bertz CT molecular complexity index is 832. The maximum absolute atomic E-state index is 12.4. The number of Topliss-reactive ketones (excluding diaryl/α,β-unsaturated/α-hetero) is 1. The average Bonchev–Trinajstić information content (AvgIpc) is 3.44. The summed E-state index contributed by atoms with van der Waals surface area (Å²) in [4.78, 5) is 27.1. The summed E-state index contributed by atoms with van der Waals surface area (Å²) in [6, 6.07) is 4.17. The zero-order chi connectivity index (χ0) is 19.5. The van der Waals surface area contributed by atoms with Crippen molar-refractivity contribution in [3.8, 4) is 0 Å². The van der Waals surface area contributed by atoms with Crippen LogP contribution < -0.4 is 5.32 Å². The smallest absolute Gasteiger partial charge is 0.231 e. The number of hydrogen-bond donors (Lipinski definition) is 1. The Kier molecular flexibility index (Phi) is 5.89. The molecule has 0 bridgehead atoms. The number of thiophene rings is 1. The number of rotatable bonds is 6. The van der Waals surface area contributed by atoms with Gasteiger partial charge in [0.1, 0.15) is 5.82 Å². The minimum absolute atomic E-state index is 0.0235. The molecule has 2 aromatic heterocycles. The first kappa shape index (κ1) is 19.3. The molecule has 1 amide bonds. The number of ether oxygens (including phenoxy) is 1. The third-order valence-corrected chi connectivity index (χ3v) is 6.61.